The van der Waals surface area contributed by atoms with E-state index in [4.69, 9.17) is 0 Å². The molecule has 0 aromatic carbocycles. The van der Waals surface area contributed by atoms with Crippen molar-refractivity contribution in [1.82, 2.24) is 5.32 Å². The quantitative estimate of drug-likeness (QED) is 0.670. The third-order valence-electron chi connectivity index (χ3n) is 2.53. The highest BCUT2D eigenvalue weighted by Crippen LogP contribution is 2.17. The van der Waals surface area contributed by atoms with Crippen LogP contribution in [0, 0.1) is 0 Å². The standard InChI is InChI=1S/C10H19NOS/c12-10(7-4-8-13)11-9-5-2-1-3-6-9/h9,13H,1-8H2,(H,11,12). The van der Waals surface area contributed by atoms with E-state index in [9.17, 15) is 4.79 Å². The summed E-state index contributed by atoms with van der Waals surface area (Å²) in [6.45, 7) is 0. The molecule has 0 bridgehead atoms. The van der Waals surface area contributed by atoms with Crippen LogP contribution in [-0.4, -0.2) is 17.7 Å². The minimum absolute atomic E-state index is 0.209. The Balaban J connectivity index is 2.11. The Kier molecular flexibility index (Phi) is 5.28. The van der Waals surface area contributed by atoms with E-state index in [1.54, 1.807) is 0 Å². The maximum absolute atomic E-state index is 11.3. The van der Waals surface area contributed by atoms with Gasteiger partial charge in [-0.15, -0.1) is 0 Å². The van der Waals surface area contributed by atoms with Gasteiger partial charge in [0.2, 0.25) is 5.91 Å². The van der Waals surface area contributed by atoms with Crippen LogP contribution in [0.4, 0.5) is 0 Å². The Bertz CT molecular complexity index is 155. The number of hydrogen-bond donors (Lipinski definition) is 2. The summed E-state index contributed by atoms with van der Waals surface area (Å²) >= 11 is 4.08. The minimum atomic E-state index is 0.209. The molecule has 1 saturated carbocycles. The summed E-state index contributed by atoms with van der Waals surface area (Å²) in [5.41, 5.74) is 0. The van der Waals surface area contributed by atoms with E-state index in [0.717, 1.165) is 12.2 Å². The number of hydrogen-bond acceptors (Lipinski definition) is 2. The van der Waals surface area contributed by atoms with Crippen molar-refractivity contribution in [1.29, 1.82) is 0 Å². The summed E-state index contributed by atoms with van der Waals surface area (Å²) in [4.78, 5) is 11.3. The number of amides is 1. The number of thiol groups is 1. The molecule has 0 heterocycles. The molecule has 0 unspecified atom stereocenters. The van der Waals surface area contributed by atoms with Gasteiger partial charge in [-0.1, -0.05) is 19.3 Å². The SMILES string of the molecule is O=C(CCCS)NC1CCCCC1. The van der Waals surface area contributed by atoms with E-state index in [1.165, 1.54) is 32.1 Å². The zero-order valence-corrected chi connectivity index (χ0v) is 8.98. The monoisotopic (exact) mass is 201 g/mol. The molecule has 0 aromatic heterocycles. The van der Waals surface area contributed by atoms with Gasteiger partial charge < -0.3 is 5.32 Å². The van der Waals surface area contributed by atoms with Crippen LogP contribution >= 0.6 is 12.6 Å². The second-order valence-corrected chi connectivity index (χ2v) is 4.18. The van der Waals surface area contributed by atoms with E-state index in [0.29, 0.717) is 12.5 Å². The molecular weight excluding hydrogens is 182 g/mol. The number of carbonyl (C=O) groups is 1. The van der Waals surface area contributed by atoms with E-state index >= 15 is 0 Å². The van der Waals surface area contributed by atoms with Gasteiger partial charge in [0.05, 0.1) is 0 Å². The summed E-state index contributed by atoms with van der Waals surface area (Å²) in [5.74, 6) is 1.01. The van der Waals surface area contributed by atoms with Crippen molar-refractivity contribution < 1.29 is 4.79 Å². The van der Waals surface area contributed by atoms with Gasteiger partial charge in [0.25, 0.3) is 0 Å². The van der Waals surface area contributed by atoms with Crippen molar-refractivity contribution in [3.8, 4) is 0 Å². The average molecular weight is 201 g/mol. The molecule has 0 radical (unpaired) electrons. The summed E-state index contributed by atoms with van der Waals surface area (Å²) in [5, 5.41) is 3.08. The van der Waals surface area contributed by atoms with Gasteiger partial charge >= 0.3 is 0 Å². The Morgan fingerprint density at radius 2 is 2.00 bits per heavy atom. The topological polar surface area (TPSA) is 29.1 Å². The third-order valence-corrected chi connectivity index (χ3v) is 2.85. The molecule has 1 rings (SSSR count). The summed E-state index contributed by atoms with van der Waals surface area (Å²) in [6.07, 6.45) is 7.76. The molecule has 0 aliphatic heterocycles. The molecule has 1 fully saturated rings. The largest absolute Gasteiger partial charge is 0.353 e. The second kappa shape index (κ2) is 6.30. The fourth-order valence-electron chi connectivity index (χ4n) is 1.79. The molecule has 3 heteroatoms. The van der Waals surface area contributed by atoms with Crippen LogP contribution < -0.4 is 5.32 Å². The zero-order chi connectivity index (χ0) is 9.52. The van der Waals surface area contributed by atoms with Crippen LogP contribution in [0.1, 0.15) is 44.9 Å². The first-order valence-electron chi connectivity index (χ1n) is 5.23. The van der Waals surface area contributed by atoms with Crippen molar-refractivity contribution in [3.05, 3.63) is 0 Å². The van der Waals surface area contributed by atoms with Gasteiger partial charge in [-0.25, -0.2) is 0 Å². The van der Waals surface area contributed by atoms with Crippen molar-refractivity contribution >= 4 is 18.5 Å². The molecule has 1 aliphatic rings. The van der Waals surface area contributed by atoms with E-state index in [1.807, 2.05) is 0 Å². The van der Waals surface area contributed by atoms with Crippen molar-refractivity contribution in [3.63, 3.8) is 0 Å². The predicted molar refractivity (Wildman–Crippen MR) is 58.1 cm³/mol. The molecule has 0 saturated heterocycles. The molecule has 0 spiro atoms. The lowest BCUT2D eigenvalue weighted by Gasteiger charge is -2.22. The summed E-state index contributed by atoms with van der Waals surface area (Å²) < 4.78 is 0. The second-order valence-electron chi connectivity index (χ2n) is 3.73. The van der Waals surface area contributed by atoms with Crippen LogP contribution in [0.5, 0.6) is 0 Å². The van der Waals surface area contributed by atoms with Crippen molar-refractivity contribution in [2.75, 3.05) is 5.75 Å². The molecule has 0 aromatic rings. The molecule has 2 nitrogen and oxygen atoms in total. The van der Waals surface area contributed by atoms with Gasteiger partial charge in [0.15, 0.2) is 0 Å². The number of carbonyl (C=O) groups excluding carboxylic acids is 1. The molecule has 1 N–H and O–H groups in total. The first-order chi connectivity index (χ1) is 6.33. The molecule has 1 amide bonds. The molecular formula is C10H19NOS. The minimum Gasteiger partial charge on any atom is -0.353 e. The van der Waals surface area contributed by atoms with Gasteiger partial charge in [-0.2, -0.15) is 12.6 Å². The maximum Gasteiger partial charge on any atom is 0.220 e. The van der Waals surface area contributed by atoms with Crippen LogP contribution in [0.15, 0.2) is 0 Å². The fourth-order valence-corrected chi connectivity index (χ4v) is 1.94. The number of rotatable bonds is 4. The molecule has 0 atom stereocenters. The smallest absolute Gasteiger partial charge is 0.220 e. The van der Waals surface area contributed by atoms with Gasteiger partial charge in [-0.05, 0) is 25.0 Å². The normalized spacial score (nSPS) is 18.5. The lowest BCUT2D eigenvalue weighted by molar-refractivity contribution is -0.122. The highest BCUT2D eigenvalue weighted by molar-refractivity contribution is 7.80. The summed E-state index contributed by atoms with van der Waals surface area (Å²) in [6, 6.07) is 0.459. The molecule has 13 heavy (non-hydrogen) atoms. The fraction of sp³-hybridized carbons (Fsp3) is 0.900. The lowest BCUT2D eigenvalue weighted by atomic mass is 9.95. The highest BCUT2D eigenvalue weighted by Gasteiger charge is 2.14. The first-order valence-corrected chi connectivity index (χ1v) is 5.86. The summed E-state index contributed by atoms with van der Waals surface area (Å²) in [7, 11) is 0. The van der Waals surface area contributed by atoms with Gasteiger partial charge in [0, 0.05) is 12.5 Å². The van der Waals surface area contributed by atoms with Crippen LogP contribution in [-0.2, 0) is 4.79 Å². The highest BCUT2D eigenvalue weighted by atomic mass is 32.1. The van der Waals surface area contributed by atoms with E-state index in [-0.39, 0.29) is 5.91 Å². The third kappa shape index (κ3) is 4.55. The van der Waals surface area contributed by atoms with Crippen LogP contribution in [0.2, 0.25) is 0 Å². The zero-order valence-electron chi connectivity index (χ0n) is 8.09. The van der Waals surface area contributed by atoms with Crippen LogP contribution in [0.25, 0.3) is 0 Å². The first kappa shape index (κ1) is 10.9. The predicted octanol–water partition coefficient (Wildman–Crippen LogP) is 2.15. The molecule has 1 aliphatic carbocycles. The van der Waals surface area contributed by atoms with Crippen molar-refractivity contribution in [2.24, 2.45) is 0 Å². The van der Waals surface area contributed by atoms with Crippen LogP contribution in [0.3, 0.4) is 0 Å². The Morgan fingerprint density at radius 1 is 1.31 bits per heavy atom. The average Bonchev–Trinajstić information content (AvgIpc) is 2.16. The van der Waals surface area contributed by atoms with E-state index in [2.05, 4.69) is 17.9 Å². The van der Waals surface area contributed by atoms with Crippen molar-refractivity contribution in [2.45, 2.75) is 51.0 Å². The number of nitrogens with one attached hydrogen (secondary N) is 1. The lowest BCUT2D eigenvalue weighted by Crippen LogP contribution is -2.36. The Labute approximate surface area is 85.9 Å². The Hall–Kier alpha value is -0.180. The van der Waals surface area contributed by atoms with Gasteiger partial charge in [-0.3, -0.25) is 4.79 Å². The van der Waals surface area contributed by atoms with E-state index < -0.39 is 0 Å². The maximum atomic E-state index is 11.3. The molecule has 76 valence electrons. The van der Waals surface area contributed by atoms with Gasteiger partial charge in [0.1, 0.15) is 0 Å². The Morgan fingerprint density at radius 3 is 2.62 bits per heavy atom.